The van der Waals surface area contributed by atoms with E-state index >= 15 is 0 Å². The molecule has 2 fully saturated rings. The first-order chi connectivity index (χ1) is 17.0. The van der Waals surface area contributed by atoms with Gasteiger partial charge in [-0.2, -0.15) is 4.98 Å². The quantitative estimate of drug-likeness (QED) is 0.598. The molecule has 3 atom stereocenters. The molecule has 0 saturated carbocycles. The second-order valence-corrected chi connectivity index (χ2v) is 12.2. The number of nitrogens with two attached hydrogens (primary N) is 1. The van der Waals surface area contributed by atoms with Crippen molar-refractivity contribution >= 4 is 32.4 Å². The molecule has 6 rings (SSSR count). The van der Waals surface area contributed by atoms with Gasteiger partial charge in [0.1, 0.15) is 5.82 Å². The number of fused-ring (bicyclic) bond motifs is 2. The molecule has 3 aliphatic rings. The number of aryl methyl sites for hydroxylation is 1. The molecule has 2 N–H and O–H groups in total. The standard InChI is InChI=1S/C26H32N6O2S/c1-18-6-7-23-22(14-18)25(31-10-8-20(27)17-31)30-26(29-23)32-11-13-35(33,28-15-21-9-12-34-21)24-5-3-2-4-19(24)16-32/h2-7,14,20-21H,8-13,15-17,27H2,1H3/t20-,21?,35?/m1/s1. The molecule has 0 aliphatic carbocycles. The third kappa shape index (κ3) is 4.37. The van der Waals surface area contributed by atoms with Gasteiger partial charge in [-0.15, -0.1) is 0 Å². The molecule has 184 valence electrons. The molecule has 4 heterocycles. The summed E-state index contributed by atoms with van der Waals surface area (Å²) in [7, 11) is -2.56. The SMILES string of the molecule is Cc1ccc2nc(N3CCS(=O)(=NCC4CCO4)c4ccccc4C3)nc(N3CC[C@@H](N)C3)c2c1. The van der Waals surface area contributed by atoms with Gasteiger partial charge < -0.3 is 20.3 Å². The predicted octanol–water partition coefficient (Wildman–Crippen LogP) is 3.11. The van der Waals surface area contributed by atoms with Gasteiger partial charge in [0, 0.05) is 44.2 Å². The minimum absolute atomic E-state index is 0.0986. The lowest BCUT2D eigenvalue weighted by atomic mass is 10.1. The Hall–Kier alpha value is -2.75. The number of benzene rings is 2. The van der Waals surface area contributed by atoms with E-state index < -0.39 is 9.73 Å². The maximum Gasteiger partial charge on any atom is 0.228 e. The van der Waals surface area contributed by atoms with Gasteiger partial charge in [0.25, 0.3) is 0 Å². The fraction of sp³-hybridized carbons (Fsp3) is 0.462. The average Bonchev–Trinajstić information content (AvgIpc) is 3.20. The lowest BCUT2D eigenvalue weighted by Crippen LogP contribution is -2.31. The number of aromatic nitrogens is 2. The highest BCUT2D eigenvalue weighted by Gasteiger charge is 2.29. The van der Waals surface area contributed by atoms with Gasteiger partial charge >= 0.3 is 0 Å². The maximum absolute atomic E-state index is 14.1. The average molecular weight is 493 g/mol. The number of ether oxygens (including phenoxy) is 1. The van der Waals surface area contributed by atoms with Crippen molar-refractivity contribution in [1.29, 1.82) is 0 Å². The fourth-order valence-corrected chi connectivity index (χ4v) is 7.28. The van der Waals surface area contributed by atoms with Crippen LogP contribution in [-0.2, 0) is 21.0 Å². The Morgan fingerprint density at radius 1 is 1.14 bits per heavy atom. The number of rotatable bonds is 4. The predicted molar refractivity (Wildman–Crippen MR) is 139 cm³/mol. The van der Waals surface area contributed by atoms with E-state index in [0.29, 0.717) is 31.3 Å². The maximum atomic E-state index is 14.1. The third-order valence-corrected chi connectivity index (χ3v) is 9.61. The van der Waals surface area contributed by atoms with E-state index in [1.807, 2.05) is 24.3 Å². The lowest BCUT2D eigenvalue weighted by Gasteiger charge is -2.25. The largest absolute Gasteiger partial charge is 0.376 e. The van der Waals surface area contributed by atoms with E-state index in [9.17, 15) is 4.21 Å². The van der Waals surface area contributed by atoms with E-state index in [4.69, 9.17) is 24.8 Å². The van der Waals surface area contributed by atoms with E-state index in [1.165, 1.54) is 5.56 Å². The van der Waals surface area contributed by atoms with Gasteiger partial charge in [0.05, 0.1) is 38.5 Å². The minimum Gasteiger partial charge on any atom is -0.376 e. The Balaban J connectivity index is 1.40. The topological polar surface area (TPSA) is 96.9 Å². The van der Waals surface area contributed by atoms with E-state index in [2.05, 4.69) is 34.9 Å². The first-order valence-corrected chi connectivity index (χ1v) is 14.1. The molecule has 1 aromatic heterocycles. The van der Waals surface area contributed by atoms with Gasteiger partial charge in [0.2, 0.25) is 5.95 Å². The molecule has 0 amide bonds. The van der Waals surface area contributed by atoms with Gasteiger partial charge in [-0.3, -0.25) is 0 Å². The Morgan fingerprint density at radius 2 is 2.00 bits per heavy atom. The molecule has 0 bridgehead atoms. The summed E-state index contributed by atoms with van der Waals surface area (Å²) in [5.41, 5.74) is 9.35. The van der Waals surface area contributed by atoms with Crippen LogP contribution in [-0.4, -0.2) is 64.9 Å². The Morgan fingerprint density at radius 3 is 2.77 bits per heavy atom. The van der Waals surface area contributed by atoms with Gasteiger partial charge in [-0.1, -0.05) is 29.8 Å². The minimum atomic E-state index is -2.56. The number of hydrogen-bond acceptors (Lipinski definition) is 8. The van der Waals surface area contributed by atoms with Crippen molar-refractivity contribution in [2.75, 3.05) is 48.3 Å². The van der Waals surface area contributed by atoms with Crippen molar-refractivity contribution in [3.8, 4) is 0 Å². The van der Waals surface area contributed by atoms with E-state index in [-0.39, 0.29) is 12.1 Å². The van der Waals surface area contributed by atoms with Crippen LogP contribution >= 0.6 is 0 Å². The molecule has 9 heteroatoms. The monoisotopic (exact) mass is 492 g/mol. The summed E-state index contributed by atoms with van der Waals surface area (Å²) in [5.74, 6) is 2.04. The molecule has 3 aliphatic heterocycles. The Kier molecular flexibility index (Phi) is 5.86. The summed E-state index contributed by atoms with van der Waals surface area (Å²) in [6, 6.07) is 14.4. The van der Waals surface area contributed by atoms with Gasteiger partial charge in [-0.05, 0) is 43.5 Å². The molecule has 2 saturated heterocycles. The van der Waals surface area contributed by atoms with Crippen molar-refractivity contribution in [1.82, 2.24) is 9.97 Å². The van der Waals surface area contributed by atoms with Crippen molar-refractivity contribution in [3.05, 3.63) is 53.6 Å². The second kappa shape index (κ2) is 9.04. The smallest absolute Gasteiger partial charge is 0.228 e. The highest BCUT2D eigenvalue weighted by Crippen LogP contribution is 2.32. The van der Waals surface area contributed by atoms with Crippen LogP contribution in [0.25, 0.3) is 10.9 Å². The van der Waals surface area contributed by atoms with Crippen LogP contribution in [0.3, 0.4) is 0 Å². The molecule has 2 unspecified atom stereocenters. The summed E-state index contributed by atoms with van der Waals surface area (Å²) in [5, 5.41) is 1.05. The highest BCUT2D eigenvalue weighted by molar-refractivity contribution is 7.93. The molecule has 0 radical (unpaired) electrons. The lowest BCUT2D eigenvalue weighted by molar-refractivity contribution is -0.0430. The Labute approximate surface area is 206 Å². The molecule has 3 aromatic rings. The molecule has 8 nitrogen and oxygen atoms in total. The molecule has 0 spiro atoms. The molecular formula is C26H32N6O2S. The highest BCUT2D eigenvalue weighted by atomic mass is 32.2. The van der Waals surface area contributed by atoms with E-state index in [0.717, 1.165) is 59.7 Å². The van der Waals surface area contributed by atoms with Gasteiger partial charge in [0.15, 0.2) is 0 Å². The summed E-state index contributed by atoms with van der Waals surface area (Å²) < 4.78 is 24.4. The van der Waals surface area contributed by atoms with Crippen LogP contribution in [0.5, 0.6) is 0 Å². The number of anilines is 2. The van der Waals surface area contributed by atoms with Crippen molar-refractivity contribution in [3.63, 3.8) is 0 Å². The zero-order chi connectivity index (χ0) is 24.0. The first-order valence-electron chi connectivity index (χ1n) is 12.4. The van der Waals surface area contributed by atoms with Crippen molar-refractivity contribution < 1.29 is 8.95 Å². The second-order valence-electron chi connectivity index (χ2n) is 9.83. The summed E-state index contributed by atoms with van der Waals surface area (Å²) in [4.78, 5) is 15.3. The van der Waals surface area contributed by atoms with Crippen LogP contribution in [0.1, 0.15) is 24.0 Å². The van der Waals surface area contributed by atoms with Gasteiger partial charge in [-0.25, -0.2) is 13.6 Å². The number of nitrogens with zero attached hydrogens (tertiary/aromatic N) is 5. The van der Waals surface area contributed by atoms with E-state index in [1.54, 1.807) is 0 Å². The van der Waals surface area contributed by atoms with Crippen LogP contribution in [0, 0.1) is 6.92 Å². The van der Waals surface area contributed by atoms with Crippen molar-refractivity contribution in [2.45, 2.75) is 43.4 Å². The normalized spacial score (nSPS) is 26.3. The van der Waals surface area contributed by atoms with Crippen LogP contribution in [0.4, 0.5) is 11.8 Å². The zero-order valence-corrected chi connectivity index (χ0v) is 20.9. The zero-order valence-electron chi connectivity index (χ0n) is 20.1. The molecule has 2 aromatic carbocycles. The van der Waals surface area contributed by atoms with Crippen LogP contribution in [0.2, 0.25) is 0 Å². The Bertz CT molecular complexity index is 1380. The third-order valence-electron chi connectivity index (χ3n) is 7.22. The molecular weight excluding hydrogens is 460 g/mol. The van der Waals surface area contributed by atoms with Crippen LogP contribution < -0.4 is 15.5 Å². The van der Waals surface area contributed by atoms with Crippen molar-refractivity contribution in [2.24, 2.45) is 10.1 Å². The summed E-state index contributed by atoms with van der Waals surface area (Å²) >= 11 is 0. The summed E-state index contributed by atoms with van der Waals surface area (Å²) in [6.07, 6.45) is 2.04. The fourth-order valence-electron chi connectivity index (χ4n) is 5.09. The van der Waals surface area contributed by atoms with Crippen LogP contribution in [0.15, 0.2) is 51.7 Å². The molecule has 35 heavy (non-hydrogen) atoms. The number of hydrogen-bond donors (Lipinski definition) is 1. The first kappa shape index (κ1) is 22.7. The summed E-state index contributed by atoms with van der Waals surface area (Å²) in [6.45, 7) is 6.19.